The van der Waals surface area contributed by atoms with E-state index in [0.29, 0.717) is 9.81 Å². The quantitative estimate of drug-likeness (QED) is 0.554. The van der Waals surface area contributed by atoms with Crippen molar-refractivity contribution >= 4 is 35.1 Å². The predicted molar refractivity (Wildman–Crippen MR) is 50.5 cm³/mol. The van der Waals surface area contributed by atoms with Crippen LogP contribution in [-0.2, 0) is 9.59 Å². The summed E-state index contributed by atoms with van der Waals surface area (Å²) in [6.07, 6.45) is 2.97. The van der Waals surface area contributed by atoms with Gasteiger partial charge in [0.25, 0.3) is 0 Å². The number of hydrogen-bond acceptors (Lipinski definition) is 4. The molecule has 0 aromatic carbocycles. The van der Waals surface area contributed by atoms with Gasteiger partial charge in [0.2, 0.25) is 0 Å². The van der Waals surface area contributed by atoms with Crippen molar-refractivity contribution in [3.63, 3.8) is 0 Å². The lowest BCUT2D eigenvalue weighted by atomic mass is 10.3. The molecule has 0 aliphatic carbocycles. The molecule has 12 heavy (non-hydrogen) atoms. The zero-order valence-electron chi connectivity index (χ0n) is 5.94. The monoisotopic (exact) mass is 196 g/mol. The molecule has 2 aliphatic rings. The van der Waals surface area contributed by atoms with Gasteiger partial charge in [-0.25, -0.2) is 0 Å². The van der Waals surface area contributed by atoms with Gasteiger partial charge in [0.15, 0.2) is 11.6 Å². The van der Waals surface area contributed by atoms with E-state index in [2.05, 4.69) is 0 Å². The molecule has 2 aliphatic heterocycles. The predicted octanol–water partition coefficient (Wildman–Crippen LogP) is 1.86. The van der Waals surface area contributed by atoms with Crippen LogP contribution in [0.25, 0.3) is 0 Å². The van der Waals surface area contributed by atoms with Gasteiger partial charge < -0.3 is 0 Å². The summed E-state index contributed by atoms with van der Waals surface area (Å²) >= 11 is 2.64. The minimum Gasteiger partial charge on any atom is -0.289 e. The van der Waals surface area contributed by atoms with Crippen molar-refractivity contribution in [2.75, 3.05) is 0 Å². The lowest BCUT2D eigenvalue weighted by Gasteiger charge is -1.97. The van der Waals surface area contributed by atoms with Crippen LogP contribution in [0, 0.1) is 0 Å². The molecule has 0 amide bonds. The van der Waals surface area contributed by atoms with Crippen LogP contribution in [0.1, 0.15) is 0 Å². The zero-order valence-corrected chi connectivity index (χ0v) is 7.58. The van der Waals surface area contributed by atoms with Crippen molar-refractivity contribution in [3.05, 3.63) is 32.8 Å². The summed E-state index contributed by atoms with van der Waals surface area (Å²) in [4.78, 5) is 23.4. The number of thioether (sulfide) groups is 2. The topological polar surface area (TPSA) is 34.1 Å². The Labute approximate surface area is 77.8 Å². The fraction of sp³-hybridized carbons (Fsp3) is 0. The molecule has 0 N–H and O–H groups in total. The van der Waals surface area contributed by atoms with Crippen molar-refractivity contribution in [3.8, 4) is 0 Å². The van der Waals surface area contributed by atoms with Gasteiger partial charge >= 0.3 is 0 Å². The number of carbonyl (C=O) groups excluding carboxylic acids is 2. The average molecular weight is 196 g/mol. The molecule has 60 valence electrons. The molecule has 2 heterocycles. The first kappa shape index (κ1) is 7.89. The molecule has 0 aromatic heterocycles. The van der Waals surface area contributed by atoms with E-state index in [4.69, 9.17) is 0 Å². The molecule has 0 radical (unpaired) electrons. The van der Waals surface area contributed by atoms with E-state index in [1.54, 1.807) is 10.8 Å². The van der Waals surface area contributed by atoms with Crippen LogP contribution < -0.4 is 0 Å². The normalized spacial score (nSPS) is 27.7. The third kappa shape index (κ3) is 1.17. The second-order valence-corrected chi connectivity index (χ2v) is 4.06. The van der Waals surface area contributed by atoms with Crippen LogP contribution in [0.2, 0.25) is 0 Å². The summed E-state index contributed by atoms with van der Waals surface area (Å²) in [5, 5.41) is 3.41. The van der Waals surface area contributed by atoms with Crippen molar-refractivity contribution in [1.29, 1.82) is 0 Å². The van der Waals surface area contributed by atoms with E-state index in [0.717, 1.165) is 0 Å². The van der Waals surface area contributed by atoms with Gasteiger partial charge in [-0.3, -0.25) is 9.59 Å². The van der Waals surface area contributed by atoms with Crippen molar-refractivity contribution in [1.82, 2.24) is 0 Å². The van der Waals surface area contributed by atoms with Crippen molar-refractivity contribution < 1.29 is 9.59 Å². The maximum Gasteiger partial charge on any atom is 0.194 e. The van der Waals surface area contributed by atoms with E-state index >= 15 is 0 Å². The van der Waals surface area contributed by atoms with E-state index in [1.807, 2.05) is 0 Å². The molecule has 0 atom stereocenters. The maximum absolute atomic E-state index is 11.1. The Bertz CT molecular complexity index is 316. The highest BCUT2D eigenvalue weighted by Gasteiger charge is 2.23. The zero-order chi connectivity index (χ0) is 8.55. The lowest BCUT2D eigenvalue weighted by molar-refractivity contribution is -0.112. The number of rotatable bonds is 0. The van der Waals surface area contributed by atoms with Crippen LogP contribution in [0.5, 0.6) is 0 Å². The fourth-order valence-electron chi connectivity index (χ4n) is 0.926. The number of hydrogen-bond donors (Lipinski definition) is 0. The number of carbonyl (C=O) groups is 2. The Balaban J connectivity index is 2.39. The van der Waals surface area contributed by atoms with Crippen molar-refractivity contribution in [2.45, 2.75) is 0 Å². The molecule has 0 saturated heterocycles. The van der Waals surface area contributed by atoms with Gasteiger partial charge in [-0.2, -0.15) is 0 Å². The van der Waals surface area contributed by atoms with Gasteiger partial charge in [0.05, 0.1) is 9.81 Å². The highest BCUT2D eigenvalue weighted by atomic mass is 32.2. The molecule has 0 aromatic rings. The number of ketones is 2. The molecular weight excluding hydrogens is 192 g/mol. The van der Waals surface area contributed by atoms with Crippen LogP contribution in [-0.4, -0.2) is 11.6 Å². The number of allylic oxidation sites excluding steroid dienone is 4. The SMILES string of the molecule is O=C1C=CS/C1=C1\SC=CC1=O. The summed E-state index contributed by atoms with van der Waals surface area (Å²) in [5.74, 6) is -0.112. The smallest absolute Gasteiger partial charge is 0.194 e. The van der Waals surface area contributed by atoms with Gasteiger partial charge in [-0.05, 0) is 23.0 Å². The standard InChI is InChI=1S/C8H4O2S2/c9-5-1-3-11-7(5)8-6(10)2-4-12-8/h1-4H/b8-7-. The molecule has 4 heteroatoms. The summed E-state index contributed by atoms with van der Waals surface area (Å²) in [5.41, 5.74) is 0. The lowest BCUT2D eigenvalue weighted by Crippen LogP contribution is -1.98. The summed E-state index contributed by atoms with van der Waals surface area (Å²) < 4.78 is 0. The van der Waals surface area contributed by atoms with Gasteiger partial charge in [0, 0.05) is 0 Å². The molecule has 2 rings (SSSR count). The van der Waals surface area contributed by atoms with Gasteiger partial charge in [0.1, 0.15) is 0 Å². The maximum atomic E-state index is 11.1. The van der Waals surface area contributed by atoms with E-state index < -0.39 is 0 Å². The summed E-state index contributed by atoms with van der Waals surface area (Å²) in [7, 11) is 0. The molecule has 0 unspecified atom stereocenters. The van der Waals surface area contributed by atoms with E-state index in [1.165, 1.54) is 35.7 Å². The van der Waals surface area contributed by atoms with Crippen LogP contribution >= 0.6 is 23.5 Å². The Morgan fingerprint density at radius 3 is 1.50 bits per heavy atom. The first-order valence-corrected chi connectivity index (χ1v) is 5.04. The molecule has 0 spiro atoms. The Morgan fingerprint density at radius 2 is 1.25 bits per heavy atom. The highest BCUT2D eigenvalue weighted by molar-refractivity contribution is 8.11. The molecule has 2 nitrogen and oxygen atoms in total. The Kier molecular flexibility index (Phi) is 1.94. The Hall–Kier alpha value is -0.740. The fourth-order valence-corrected chi connectivity index (χ4v) is 2.65. The second kappa shape index (κ2) is 2.95. The van der Waals surface area contributed by atoms with E-state index in [9.17, 15) is 9.59 Å². The average Bonchev–Trinajstić information content (AvgIpc) is 2.59. The second-order valence-electron chi connectivity index (χ2n) is 2.23. The molecule has 0 fully saturated rings. The summed E-state index contributed by atoms with van der Waals surface area (Å²) in [6, 6.07) is 0. The van der Waals surface area contributed by atoms with Gasteiger partial charge in [-0.1, -0.05) is 23.5 Å². The van der Waals surface area contributed by atoms with Crippen LogP contribution in [0.15, 0.2) is 32.8 Å². The largest absolute Gasteiger partial charge is 0.289 e. The van der Waals surface area contributed by atoms with Crippen LogP contribution in [0.3, 0.4) is 0 Å². The Morgan fingerprint density at radius 1 is 0.833 bits per heavy atom. The third-order valence-corrected chi connectivity index (χ3v) is 3.42. The molecular formula is C8H4O2S2. The third-order valence-electron chi connectivity index (χ3n) is 1.46. The molecule has 0 saturated carbocycles. The minimum absolute atomic E-state index is 0.0560. The first-order valence-electron chi connectivity index (χ1n) is 3.28. The van der Waals surface area contributed by atoms with Gasteiger partial charge in [-0.15, -0.1) is 0 Å². The molecule has 0 bridgehead atoms. The highest BCUT2D eigenvalue weighted by Crippen LogP contribution is 2.37. The summed E-state index contributed by atoms with van der Waals surface area (Å²) in [6.45, 7) is 0. The minimum atomic E-state index is -0.0560. The van der Waals surface area contributed by atoms with Crippen LogP contribution in [0.4, 0.5) is 0 Å². The van der Waals surface area contributed by atoms with Crippen molar-refractivity contribution in [2.24, 2.45) is 0 Å². The first-order chi connectivity index (χ1) is 5.79. The van der Waals surface area contributed by atoms with E-state index in [-0.39, 0.29) is 11.6 Å².